The molecule has 0 aliphatic carbocycles. The van der Waals surface area contributed by atoms with E-state index in [1.807, 2.05) is 24.3 Å². The van der Waals surface area contributed by atoms with E-state index in [0.29, 0.717) is 25.8 Å². The molecule has 0 radical (unpaired) electrons. The predicted molar refractivity (Wildman–Crippen MR) is 77.7 cm³/mol. The Labute approximate surface area is 120 Å². The van der Waals surface area contributed by atoms with Gasteiger partial charge in [-0.2, -0.15) is 0 Å². The number of rotatable bonds is 7. The molecule has 1 fully saturated rings. The lowest BCUT2D eigenvalue weighted by molar-refractivity contribution is 0.0642. The number of hydrogen-bond acceptors (Lipinski definition) is 5. The molecule has 1 heterocycles. The molecule has 0 bridgehead atoms. The first-order chi connectivity index (χ1) is 9.71. The van der Waals surface area contributed by atoms with E-state index in [4.69, 9.17) is 15.2 Å². The first-order valence-electron chi connectivity index (χ1n) is 7.06. The van der Waals surface area contributed by atoms with Crippen LogP contribution in [0.4, 0.5) is 0 Å². The Hall–Kier alpha value is -1.14. The molecule has 0 saturated carbocycles. The van der Waals surface area contributed by atoms with E-state index >= 15 is 0 Å². The number of hydrogen-bond donors (Lipinski definition) is 2. The number of ether oxygens (including phenoxy) is 2. The highest BCUT2D eigenvalue weighted by Crippen LogP contribution is 2.15. The summed E-state index contributed by atoms with van der Waals surface area (Å²) in [5, 5.41) is 10.0. The Morgan fingerprint density at radius 1 is 1.50 bits per heavy atom. The van der Waals surface area contributed by atoms with Crippen molar-refractivity contribution in [2.45, 2.75) is 25.2 Å². The van der Waals surface area contributed by atoms with Crippen molar-refractivity contribution >= 4 is 0 Å². The van der Waals surface area contributed by atoms with E-state index in [1.165, 1.54) is 0 Å². The van der Waals surface area contributed by atoms with Gasteiger partial charge in [-0.1, -0.05) is 12.1 Å². The number of likely N-dealkylation sites (tertiary alicyclic amines) is 1. The van der Waals surface area contributed by atoms with E-state index in [-0.39, 0.29) is 0 Å². The van der Waals surface area contributed by atoms with Crippen LogP contribution in [-0.2, 0) is 11.3 Å². The summed E-state index contributed by atoms with van der Waals surface area (Å²) in [6.07, 6.45) is 0.833. The number of aliphatic hydroxyl groups is 1. The minimum absolute atomic E-state index is 0.294. The van der Waals surface area contributed by atoms with Crippen LogP contribution < -0.4 is 10.5 Å². The first-order valence-corrected chi connectivity index (χ1v) is 7.06. The molecule has 2 atom stereocenters. The lowest BCUT2D eigenvalue weighted by Gasteiger charge is -2.20. The van der Waals surface area contributed by atoms with Gasteiger partial charge in [0.25, 0.3) is 0 Å². The number of aliphatic hydroxyl groups excluding tert-OH is 1. The number of nitrogens with two attached hydrogens (primary N) is 1. The van der Waals surface area contributed by atoms with E-state index in [0.717, 1.165) is 30.8 Å². The van der Waals surface area contributed by atoms with Gasteiger partial charge in [-0.25, -0.2) is 0 Å². The van der Waals surface area contributed by atoms with Crippen molar-refractivity contribution in [2.75, 3.05) is 33.4 Å². The second kappa shape index (κ2) is 7.59. The van der Waals surface area contributed by atoms with Gasteiger partial charge in [-0.05, 0) is 24.1 Å². The van der Waals surface area contributed by atoms with Crippen LogP contribution in [0.1, 0.15) is 12.0 Å². The molecular weight excluding hydrogens is 256 g/mol. The molecule has 5 nitrogen and oxygen atoms in total. The molecule has 1 aliphatic heterocycles. The van der Waals surface area contributed by atoms with Gasteiger partial charge in [-0.15, -0.1) is 0 Å². The maximum atomic E-state index is 10.0. The Kier molecular flexibility index (Phi) is 5.79. The van der Waals surface area contributed by atoms with Crippen LogP contribution in [0.15, 0.2) is 24.3 Å². The topological polar surface area (TPSA) is 68.0 Å². The molecule has 1 saturated heterocycles. The lowest BCUT2D eigenvalue weighted by Crippen LogP contribution is -2.34. The molecule has 2 unspecified atom stereocenters. The minimum atomic E-state index is -0.493. The summed E-state index contributed by atoms with van der Waals surface area (Å²) in [4.78, 5) is 2.21. The third-order valence-electron chi connectivity index (χ3n) is 3.61. The molecule has 1 aromatic rings. The van der Waals surface area contributed by atoms with Crippen LogP contribution in [0.2, 0.25) is 0 Å². The SMILES string of the molecule is COC1CCN(CC(O)COc2cccc(CN)c2)C1. The zero-order chi connectivity index (χ0) is 14.4. The third kappa shape index (κ3) is 4.45. The zero-order valence-electron chi connectivity index (χ0n) is 12.0. The van der Waals surface area contributed by atoms with E-state index in [2.05, 4.69) is 4.90 Å². The molecular formula is C15H24N2O3. The molecule has 1 aromatic carbocycles. The molecule has 5 heteroatoms. The Morgan fingerprint density at radius 2 is 2.35 bits per heavy atom. The molecule has 3 N–H and O–H groups in total. The standard InChI is InChI=1S/C15H24N2O3/c1-19-15-5-6-17(10-15)9-13(18)11-20-14-4-2-3-12(7-14)8-16/h2-4,7,13,15,18H,5-6,8-11,16H2,1H3. The van der Waals surface area contributed by atoms with Crippen LogP contribution in [0.5, 0.6) is 5.75 Å². The summed E-state index contributed by atoms with van der Waals surface area (Å²) in [6, 6.07) is 7.65. The lowest BCUT2D eigenvalue weighted by atomic mass is 10.2. The third-order valence-corrected chi connectivity index (χ3v) is 3.61. The van der Waals surface area contributed by atoms with Gasteiger partial charge < -0.3 is 20.3 Å². The van der Waals surface area contributed by atoms with Crippen molar-refractivity contribution in [3.8, 4) is 5.75 Å². The zero-order valence-corrected chi connectivity index (χ0v) is 12.0. The number of benzene rings is 1. The van der Waals surface area contributed by atoms with Crippen LogP contribution in [-0.4, -0.2) is 55.6 Å². The maximum absolute atomic E-state index is 10.0. The fourth-order valence-electron chi connectivity index (χ4n) is 2.46. The van der Waals surface area contributed by atoms with Crippen molar-refractivity contribution in [3.63, 3.8) is 0 Å². The average Bonchev–Trinajstić information content (AvgIpc) is 2.93. The maximum Gasteiger partial charge on any atom is 0.119 e. The van der Waals surface area contributed by atoms with Crippen molar-refractivity contribution in [1.29, 1.82) is 0 Å². The number of nitrogens with zero attached hydrogens (tertiary/aromatic N) is 1. The van der Waals surface area contributed by atoms with Crippen molar-refractivity contribution < 1.29 is 14.6 Å². The van der Waals surface area contributed by atoms with Crippen LogP contribution >= 0.6 is 0 Å². The summed E-state index contributed by atoms with van der Waals surface area (Å²) in [5.41, 5.74) is 6.61. The van der Waals surface area contributed by atoms with Crippen molar-refractivity contribution in [1.82, 2.24) is 4.90 Å². The van der Waals surface area contributed by atoms with Crippen molar-refractivity contribution in [2.24, 2.45) is 5.73 Å². The summed E-state index contributed by atoms with van der Waals surface area (Å²) >= 11 is 0. The summed E-state index contributed by atoms with van der Waals surface area (Å²) in [7, 11) is 1.73. The molecule has 0 amide bonds. The number of β-amino-alcohol motifs (C(OH)–C–C–N with tert-alkyl or cyclic N) is 1. The molecule has 2 rings (SSSR count). The van der Waals surface area contributed by atoms with E-state index in [9.17, 15) is 5.11 Å². The van der Waals surface area contributed by atoms with Gasteiger partial charge in [0.2, 0.25) is 0 Å². The normalized spacial score (nSPS) is 21.1. The summed E-state index contributed by atoms with van der Waals surface area (Å²) < 4.78 is 10.9. The van der Waals surface area contributed by atoms with Gasteiger partial charge in [-0.3, -0.25) is 4.90 Å². The molecule has 20 heavy (non-hydrogen) atoms. The predicted octanol–water partition coefficient (Wildman–Crippen LogP) is 0.606. The first kappa shape index (κ1) is 15.3. The quantitative estimate of drug-likeness (QED) is 0.766. The largest absolute Gasteiger partial charge is 0.491 e. The van der Waals surface area contributed by atoms with Gasteiger partial charge in [0.1, 0.15) is 18.5 Å². The van der Waals surface area contributed by atoms with E-state index in [1.54, 1.807) is 7.11 Å². The van der Waals surface area contributed by atoms with Crippen LogP contribution in [0, 0.1) is 0 Å². The highest BCUT2D eigenvalue weighted by atomic mass is 16.5. The number of methoxy groups -OCH3 is 1. The van der Waals surface area contributed by atoms with Crippen molar-refractivity contribution in [3.05, 3.63) is 29.8 Å². The minimum Gasteiger partial charge on any atom is -0.491 e. The summed E-state index contributed by atoms with van der Waals surface area (Å²) in [5.74, 6) is 0.753. The molecule has 0 aromatic heterocycles. The Bertz CT molecular complexity index is 414. The molecule has 1 aliphatic rings. The summed E-state index contributed by atoms with van der Waals surface area (Å²) in [6.45, 7) is 3.26. The molecule has 112 valence electrons. The highest BCUT2D eigenvalue weighted by Gasteiger charge is 2.23. The van der Waals surface area contributed by atoms with Gasteiger partial charge in [0.05, 0.1) is 6.10 Å². The smallest absolute Gasteiger partial charge is 0.119 e. The fraction of sp³-hybridized carbons (Fsp3) is 0.600. The van der Waals surface area contributed by atoms with Crippen LogP contribution in [0.25, 0.3) is 0 Å². The second-order valence-corrected chi connectivity index (χ2v) is 5.22. The van der Waals surface area contributed by atoms with Gasteiger partial charge >= 0.3 is 0 Å². The van der Waals surface area contributed by atoms with E-state index < -0.39 is 6.10 Å². The van der Waals surface area contributed by atoms with Gasteiger partial charge in [0, 0.05) is 33.3 Å². The average molecular weight is 280 g/mol. The second-order valence-electron chi connectivity index (χ2n) is 5.22. The van der Waals surface area contributed by atoms with Crippen LogP contribution in [0.3, 0.4) is 0 Å². The highest BCUT2D eigenvalue weighted by molar-refractivity contribution is 5.28. The Balaban J connectivity index is 1.73. The monoisotopic (exact) mass is 280 g/mol. The Morgan fingerprint density at radius 3 is 3.05 bits per heavy atom. The molecule has 0 spiro atoms. The fourth-order valence-corrected chi connectivity index (χ4v) is 2.46. The van der Waals surface area contributed by atoms with Gasteiger partial charge in [0.15, 0.2) is 0 Å².